The third-order valence-corrected chi connectivity index (χ3v) is 2.83. The monoisotopic (exact) mass is 280 g/mol. The lowest BCUT2D eigenvalue weighted by Gasteiger charge is -2.08. The van der Waals surface area contributed by atoms with Crippen molar-refractivity contribution in [2.24, 2.45) is 5.73 Å². The van der Waals surface area contributed by atoms with Crippen molar-refractivity contribution < 1.29 is 26.3 Å². The zero-order valence-electron chi connectivity index (χ0n) is 8.08. The number of hydrogen-bond acceptors (Lipinski definition) is 4. The lowest BCUT2D eigenvalue weighted by molar-refractivity contribution is -0.173. The van der Waals surface area contributed by atoms with Crippen LogP contribution in [0.2, 0.25) is 0 Å². The maximum Gasteiger partial charge on any atom is 0.411 e. The van der Waals surface area contributed by atoms with Crippen molar-refractivity contribution in [1.82, 2.24) is 4.72 Å². The number of hydrogen-bond donors (Lipinski definition) is 2. The molecule has 5 nitrogen and oxygen atoms in total. The summed E-state index contributed by atoms with van der Waals surface area (Å²) in [5.41, 5.74) is 5.00. The Balaban J connectivity index is 3.71. The Hall–Kier alpha value is -0.450. The Morgan fingerprint density at radius 1 is 1.44 bits per heavy atom. The standard InChI is InChI=1S/C6H11F3N2O3S2/c7-6(8,9)4-14-2-1-11-16(12,13)3-5(10)15/h11H,1-4H2,(H2,10,15). The molecule has 0 radical (unpaired) electrons. The summed E-state index contributed by atoms with van der Waals surface area (Å²) in [5, 5.41) is 0. The minimum absolute atomic E-state index is 0.219. The first-order valence-corrected chi connectivity index (χ1v) is 6.08. The van der Waals surface area contributed by atoms with E-state index < -0.39 is 28.6 Å². The van der Waals surface area contributed by atoms with Gasteiger partial charge in [-0.15, -0.1) is 0 Å². The topological polar surface area (TPSA) is 81.4 Å². The maximum absolute atomic E-state index is 11.6. The molecule has 3 N–H and O–H groups in total. The second kappa shape index (κ2) is 6.33. The summed E-state index contributed by atoms with van der Waals surface area (Å²) in [5.74, 6) is -0.540. The second-order valence-corrected chi connectivity index (χ2v) is 5.12. The molecule has 96 valence electrons. The number of alkyl halides is 3. The van der Waals surface area contributed by atoms with E-state index in [0.29, 0.717) is 0 Å². The van der Waals surface area contributed by atoms with Crippen molar-refractivity contribution in [3.8, 4) is 0 Å². The Kier molecular flexibility index (Phi) is 6.15. The maximum atomic E-state index is 11.6. The molecule has 0 aliphatic carbocycles. The molecule has 0 saturated heterocycles. The molecule has 0 fully saturated rings. The van der Waals surface area contributed by atoms with Gasteiger partial charge in [-0.1, -0.05) is 12.2 Å². The van der Waals surface area contributed by atoms with Crippen LogP contribution in [0.4, 0.5) is 13.2 Å². The van der Waals surface area contributed by atoms with E-state index in [0.717, 1.165) is 0 Å². The molecule has 0 unspecified atom stereocenters. The number of halogens is 3. The van der Waals surface area contributed by atoms with Gasteiger partial charge in [0.25, 0.3) is 0 Å². The van der Waals surface area contributed by atoms with Crippen molar-refractivity contribution in [2.75, 3.05) is 25.5 Å². The van der Waals surface area contributed by atoms with E-state index in [1.807, 2.05) is 4.72 Å². The van der Waals surface area contributed by atoms with Crippen LogP contribution in [0.3, 0.4) is 0 Å². The molecule has 0 aromatic carbocycles. The smallest absolute Gasteiger partial charge is 0.392 e. The second-order valence-electron chi connectivity index (χ2n) is 2.79. The molecule has 0 aromatic rings. The molecule has 0 aromatic heterocycles. The average molecular weight is 280 g/mol. The molecule has 0 bridgehead atoms. The van der Waals surface area contributed by atoms with Crippen LogP contribution in [0.5, 0.6) is 0 Å². The number of ether oxygens (including phenoxy) is 1. The highest BCUT2D eigenvalue weighted by Crippen LogP contribution is 2.13. The minimum atomic E-state index is -4.42. The Labute approximate surface area is 96.2 Å². The fourth-order valence-corrected chi connectivity index (χ4v) is 2.03. The Morgan fingerprint density at radius 2 is 2.00 bits per heavy atom. The first-order chi connectivity index (χ1) is 7.12. The Bertz CT molecular complexity index is 328. The highest BCUT2D eigenvalue weighted by molar-refractivity contribution is 7.92. The predicted molar refractivity (Wildman–Crippen MR) is 55.4 cm³/mol. The number of nitrogens with one attached hydrogen (secondary N) is 1. The summed E-state index contributed by atoms with van der Waals surface area (Å²) in [6.07, 6.45) is -4.42. The summed E-state index contributed by atoms with van der Waals surface area (Å²) in [6.45, 7) is -2.05. The van der Waals surface area contributed by atoms with E-state index in [9.17, 15) is 21.6 Å². The highest BCUT2D eigenvalue weighted by Gasteiger charge is 2.27. The van der Waals surface area contributed by atoms with Gasteiger partial charge in [-0.3, -0.25) is 0 Å². The zero-order chi connectivity index (χ0) is 12.8. The van der Waals surface area contributed by atoms with E-state index in [4.69, 9.17) is 5.73 Å². The average Bonchev–Trinajstić information content (AvgIpc) is 1.98. The van der Waals surface area contributed by atoms with E-state index >= 15 is 0 Å². The predicted octanol–water partition coefficient (Wildman–Crippen LogP) is -0.229. The first-order valence-electron chi connectivity index (χ1n) is 4.02. The number of nitrogens with two attached hydrogens (primary N) is 1. The van der Waals surface area contributed by atoms with Gasteiger partial charge in [-0.05, 0) is 0 Å². The van der Waals surface area contributed by atoms with Gasteiger partial charge in [0.1, 0.15) is 12.4 Å². The van der Waals surface area contributed by atoms with Crippen LogP contribution in [0, 0.1) is 0 Å². The quantitative estimate of drug-likeness (QED) is 0.497. The van der Waals surface area contributed by atoms with Crippen LogP contribution in [0.15, 0.2) is 0 Å². The van der Waals surface area contributed by atoms with Gasteiger partial charge in [-0.2, -0.15) is 13.2 Å². The van der Waals surface area contributed by atoms with Crippen LogP contribution < -0.4 is 10.5 Å². The van der Waals surface area contributed by atoms with Crippen LogP contribution in [0.1, 0.15) is 0 Å². The first kappa shape index (κ1) is 15.6. The van der Waals surface area contributed by atoms with Gasteiger partial charge in [0.05, 0.1) is 11.6 Å². The van der Waals surface area contributed by atoms with E-state index in [-0.39, 0.29) is 18.1 Å². The van der Waals surface area contributed by atoms with Gasteiger partial charge < -0.3 is 10.5 Å². The molecule has 0 aliphatic heterocycles. The Morgan fingerprint density at radius 3 is 2.44 bits per heavy atom. The van der Waals surface area contributed by atoms with Crippen LogP contribution >= 0.6 is 12.2 Å². The summed E-state index contributed by atoms with van der Waals surface area (Å²) in [7, 11) is -3.67. The van der Waals surface area contributed by atoms with Gasteiger partial charge in [0.15, 0.2) is 0 Å². The van der Waals surface area contributed by atoms with E-state index in [2.05, 4.69) is 17.0 Å². The SMILES string of the molecule is NC(=S)CS(=O)(=O)NCCOCC(F)(F)F. The molecule has 16 heavy (non-hydrogen) atoms. The van der Waals surface area contributed by atoms with Gasteiger partial charge in [0.2, 0.25) is 10.0 Å². The number of rotatable bonds is 7. The van der Waals surface area contributed by atoms with Crippen molar-refractivity contribution in [3.05, 3.63) is 0 Å². The van der Waals surface area contributed by atoms with Crippen molar-refractivity contribution >= 4 is 27.2 Å². The summed E-state index contributed by atoms with van der Waals surface area (Å²) < 4.78 is 63.0. The molecule has 0 aliphatic rings. The molecule has 0 amide bonds. The summed E-state index contributed by atoms with van der Waals surface area (Å²) in [6, 6.07) is 0. The molecular formula is C6H11F3N2O3S2. The molecule has 0 saturated carbocycles. The van der Waals surface area contributed by atoms with Gasteiger partial charge >= 0.3 is 6.18 Å². The molecule has 0 atom stereocenters. The van der Waals surface area contributed by atoms with Gasteiger partial charge in [-0.25, -0.2) is 13.1 Å². The van der Waals surface area contributed by atoms with Crippen molar-refractivity contribution in [3.63, 3.8) is 0 Å². The van der Waals surface area contributed by atoms with Crippen LogP contribution in [0.25, 0.3) is 0 Å². The minimum Gasteiger partial charge on any atom is -0.392 e. The van der Waals surface area contributed by atoms with Crippen LogP contribution in [-0.2, 0) is 14.8 Å². The summed E-state index contributed by atoms with van der Waals surface area (Å²) >= 11 is 4.37. The van der Waals surface area contributed by atoms with Crippen LogP contribution in [-0.4, -0.2) is 45.1 Å². The van der Waals surface area contributed by atoms with E-state index in [1.165, 1.54) is 0 Å². The fourth-order valence-electron chi connectivity index (χ4n) is 0.696. The normalized spacial score (nSPS) is 12.7. The third kappa shape index (κ3) is 10.1. The number of thiocarbonyl (C=S) groups is 1. The zero-order valence-corrected chi connectivity index (χ0v) is 9.71. The van der Waals surface area contributed by atoms with Gasteiger partial charge in [0, 0.05) is 6.54 Å². The van der Waals surface area contributed by atoms with Crippen molar-refractivity contribution in [1.29, 1.82) is 0 Å². The number of sulfonamides is 1. The molecule has 0 spiro atoms. The fraction of sp³-hybridized carbons (Fsp3) is 0.833. The summed E-state index contributed by atoms with van der Waals surface area (Å²) in [4.78, 5) is -0.219. The lowest BCUT2D eigenvalue weighted by Crippen LogP contribution is -2.34. The highest BCUT2D eigenvalue weighted by atomic mass is 32.2. The third-order valence-electron chi connectivity index (χ3n) is 1.17. The molecule has 0 rings (SSSR count). The molecular weight excluding hydrogens is 269 g/mol. The lowest BCUT2D eigenvalue weighted by atomic mass is 10.7. The van der Waals surface area contributed by atoms with Crippen molar-refractivity contribution in [2.45, 2.75) is 6.18 Å². The largest absolute Gasteiger partial charge is 0.411 e. The molecule has 0 heterocycles. The molecule has 10 heteroatoms. The van der Waals surface area contributed by atoms with E-state index in [1.54, 1.807) is 0 Å².